The highest BCUT2D eigenvalue weighted by molar-refractivity contribution is 5.74. The van der Waals surface area contributed by atoms with Crippen LogP contribution >= 0.6 is 0 Å². The summed E-state index contributed by atoms with van der Waals surface area (Å²) in [6.07, 6.45) is 1.66. The van der Waals surface area contributed by atoms with Gasteiger partial charge in [-0.05, 0) is 35.6 Å². The van der Waals surface area contributed by atoms with Crippen molar-refractivity contribution in [2.24, 2.45) is 5.41 Å². The summed E-state index contributed by atoms with van der Waals surface area (Å²) >= 11 is 0. The SMILES string of the molecule is CC1(C=O)CC1c1ccccc1-c1c(F)cccc1F. The van der Waals surface area contributed by atoms with Gasteiger partial charge in [0.05, 0.1) is 5.56 Å². The van der Waals surface area contributed by atoms with Crippen molar-refractivity contribution >= 4 is 6.29 Å². The molecule has 1 fully saturated rings. The van der Waals surface area contributed by atoms with Crippen molar-refractivity contribution in [3.05, 3.63) is 59.7 Å². The van der Waals surface area contributed by atoms with Crippen LogP contribution in [0.15, 0.2) is 42.5 Å². The maximum absolute atomic E-state index is 14.0. The lowest BCUT2D eigenvalue weighted by atomic mass is 9.93. The molecule has 2 atom stereocenters. The van der Waals surface area contributed by atoms with Crippen LogP contribution in [-0.4, -0.2) is 6.29 Å². The summed E-state index contributed by atoms with van der Waals surface area (Å²) in [7, 11) is 0. The topological polar surface area (TPSA) is 17.1 Å². The highest BCUT2D eigenvalue weighted by Crippen LogP contribution is 2.59. The molecule has 0 aliphatic heterocycles. The minimum absolute atomic E-state index is 0.0109. The van der Waals surface area contributed by atoms with Crippen LogP contribution in [0.5, 0.6) is 0 Å². The molecule has 3 rings (SSSR count). The molecule has 1 aliphatic carbocycles. The van der Waals surface area contributed by atoms with E-state index >= 15 is 0 Å². The van der Waals surface area contributed by atoms with E-state index < -0.39 is 17.0 Å². The Bertz CT molecular complexity index is 660. The van der Waals surface area contributed by atoms with E-state index in [0.717, 1.165) is 18.3 Å². The second kappa shape index (κ2) is 4.51. The normalized spacial score (nSPS) is 24.4. The van der Waals surface area contributed by atoms with E-state index in [2.05, 4.69) is 0 Å². The second-order valence-corrected chi connectivity index (χ2v) is 5.56. The molecule has 0 N–H and O–H groups in total. The van der Waals surface area contributed by atoms with E-state index in [9.17, 15) is 13.6 Å². The van der Waals surface area contributed by atoms with Crippen molar-refractivity contribution in [2.75, 3.05) is 0 Å². The third kappa shape index (κ3) is 1.94. The van der Waals surface area contributed by atoms with Crippen LogP contribution in [0.3, 0.4) is 0 Å². The number of carbonyl (C=O) groups excluding carboxylic acids is 1. The van der Waals surface area contributed by atoms with Crippen molar-refractivity contribution in [1.29, 1.82) is 0 Å². The molecule has 2 unspecified atom stereocenters. The molecule has 0 heterocycles. The van der Waals surface area contributed by atoms with Crippen LogP contribution < -0.4 is 0 Å². The number of carbonyl (C=O) groups is 1. The summed E-state index contributed by atoms with van der Waals surface area (Å²) in [5.41, 5.74) is 0.964. The lowest BCUT2D eigenvalue weighted by Crippen LogP contribution is -2.01. The van der Waals surface area contributed by atoms with E-state index in [1.165, 1.54) is 18.2 Å². The predicted octanol–water partition coefficient (Wildman–Crippen LogP) is 4.32. The van der Waals surface area contributed by atoms with Gasteiger partial charge in [-0.2, -0.15) is 0 Å². The molecule has 1 aliphatic rings. The highest BCUT2D eigenvalue weighted by atomic mass is 19.1. The highest BCUT2D eigenvalue weighted by Gasteiger charge is 2.51. The fourth-order valence-electron chi connectivity index (χ4n) is 2.76. The molecule has 0 spiro atoms. The number of hydrogen-bond acceptors (Lipinski definition) is 1. The van der Waals surface area contributed by atoms with Crippen LogP contribution in [0, 0.1) is 17.0 Å². The van der Waals surface area contributed by atoms with Crippen LogP contribution in [0.4, 0.5) is 8.78 Å². The number of rotatable bonds is 3. The monoisotopic (exact) mass is 272 g/mol. The zero-order valence-corrected chi connectivity index (χ0v) is 11.1. The molecule has 0 saturated heterocycles. The Balaban J connectivity index is 2.15. The summed E-state index contributed by atoms with van der Waals surface area (Å²) in [5, 5.41) is 0. The van der Waals surface area contributed by atoms with Gasteiger partial charge in [0.15, 0.2) is 0 Å². The Labute approximate surface area is 116 Å². The van der Waals surface area contributed by atoms with Gasteiger partial charge in [-0.15, -0.1) is 0 Å². The number of aldehydes is 1. The second-order valence-electron chi connectivity index (χ2n) is 5.56. The largest absolute Gasteiger partial charge is 0.303 e. The molecule has 20 heavy (non-hydrogen) atoms. The van der Waals surface area contributed by atoms with Crippen molar-refractivity contribution in [3.63, 3.8) is 0 Å². The van der Waals surface area contributed by atoms with E-state index in [4.69, 9.17) is 0 Å². The van der Waals surface area contributed by atoms with Crippen molar-refractivity contribution < 1.29 is 13.6 Å². The molecule has 2 aromatic carbocycles. The molecule has 0 radical (unpaired) electrons. The van der Waals surface area contributed by atoms with E-state index in [-0.39, 0.29) is 11.5 Å². The van der Waals surface area contributed by atoms with Crippen molar-refractivity contribution in [2.45, 2.75) is 19.3 Å². The van der Waals surface area contributed by atoms with Crippen LogP contribution in [-0.2, 0) is 4.79 Å². The number of halogens is 2. The van der Waals surface area contributed by atoms with E-state index in [0.29, 0.717) is 5.56 Å². The Morgan fingerprint density at radius 2 is 1.75 bits per heavy atom. The van der Waals surface area contributed by atoms with Gasteiger partial charge in [-0.3, -0.25) is 0 Å². The maximum Gasteiger partial charge on any atom is 0.133 e. The van der Waals surface area contributed by atoms with Crippen molar-refractivity contribution in [1.82, 2.24) is 0 Å². The Kier molecular flexibility index (Phi) is 2.93. The Hall–Kier alpha value is -2.03. The lowest BCUT2D eigenvalue weighted by molar-refractivity contribution is -0.111. The Morgan fingerprint density at radius 1 is 1.10 bits per heavy atom. The van der Waals surface area contributed by atoms with Crippen LogP contribution in [0.1, 0.15) is 24.8 Å². The summed E-state index contributed by atoms with van der Waals surface area (Å²) in [6.45, 7) is 1.87. The summed E-state index contributed by atoms with van der Waals surface area (Å²) < 4.78 is 27.9. The summed E-state index contributed by atoms with van der Waals surface area (Å²) in [5.74, 6) is -1.12. The van der Waals surface area contributed by atoms with Gasteiger partial charge in [-0.1, -0.05) is 37.3 Å². The first-order chi connectivity index (χ1) is 9.57. The van der Waals surface area contributed by atoms with Gasteiger partial charge in [0.1, 0.15) is 17.9 Å². The van der Waals surface area contributed by atoms with Crippen LogP contribution in [0.2, 0.25) is 0 Å². The third-order valence-electron chi connectivity index (χ3n) is 4.12. The smallest absolute Gasteiger partial charge is 0.133 e. The molecule has 3 heteroatoms. The minimum atomic E-state index is -0.578. The van der Waals surface area contributed by atoms with Gasteiger partial charge in [0, 0.05) is 5.41 Å². The first-order valence-corrected chi connectivity index (χ1v) is 6.56. The van der Waals surface area contributed by atoms with E-state index in [1.54, 1.807) is 12.1 Å². The van der Waals surface area contributed by atoms with Gasteiger partial charge in [0.25, 0.3) is 0 Å². The standard InChI is InChI=1S/C17H14F2O/c1-17(10-20)9-13(17)11-5-2-3-6-12(11)16-14(18)7-4-8-15(16)19/h2-8,10,13H,9H2,1H3. The molecule has 2 aromatic rings. The maximum atomic E-state index is 14.0. The quantitative estimate of drug-likeness (QED) is 0.760. The molecule has 0 aromatic heterocycles. The van der Waals surface area contributed by atoms with Gasteiger partial charge >= 0.3 is 0 Å². The summed E-state index contributed by atoms with van der Waals surface area (Å²) in [6, 6.07) is 11.0. The third-order valence-corrected chi connectivity index (χ3v) is 4.12. The molecular weight excluding hydrogens is 258 g/mol. The lowest BCUT2D eigenvalue weighted by Gasteiger charge is -2.12. The first-order valence-electron chi connectivity index (χ1n) is 6.56. The molecule has 1 saturated carbocycles. The fraction of sp³-hybridized carbons (Fsp3) is 0.235. The minimum Gasteiger partial charge on any atom is -0.303 e. The first kappa shape index (κ1) is 13.0. The average Bonchev–Trinajstić information content (AvgIpc) is 3.12. The molecule has 1 nitrogen and oxygen atoms in total. The summed E-state index contributed by atoms with van der Waals surface area (Å²) in [4.78, 5) is 11.1. The zero-order chi connectivity index (χ0) is 14.3. The van der Waals surface area contributed by atoms with Gasteiger partial charge in [0.2, 0.25) is 0 Å². The van der Waals surface area contributed by atoms with Gasteiger partial charge in [-0.25, -0.2) is 8.78 Å². The molecule has 102 valence electrons. The van der Waals surface area contributed by atoms with Crippen molar-refractivity contribution in [3.8, 4) is 11.1 Å². The average molecular weight is 272 g/mol. The molecule has 0 bridgehead atoms. The Morgan fingerprint density at radius 3 is 2.35 bits per heavy atom. The molecule has 0 amide bonds. The van der Waals surface area contributed by atoms with Gasteiger partial charge < -0.3 is 4.79 Å². The number of benzene rings is 2. The number of hydrogen-bond donors (Lipinski definition) is 0. The fourth-order valence-corrected chi connectivity index (χ4v) is 2.76. The molecular formula is C17H14F2O. The van der Waals surface area contributed by atoms with E-state index in [1.807, 2.05) is 19.1 Å². The van der Waals surface area contributed by atoms with Crippen LogP contribution in [0.25, 0.3) is 11.1 Å². The zero-order valence-electron chi connectivity index (χ0n) is 11.1. The predicted molar refractivity (Wildman–Crippen MR) is 73.3 cm³/mol.